The van der Waals surface area contributed by atoms with Gasteiger partial charge in [-0.05, 0) is 64.4 Å². The van der Waals surface area contributed by atoms with Crippen molar-refractivity contribution >= 4 is 54.4 Å². The van der Waals surface area contributed by atoms with Crippen molar-refractivity contribution < 1.29 is 0 Å². The Morgan fingerprint density at radius 1 is 0.315 bits per heavy atom. The second-order valence-corrected chi connectivity index (χ2v) is 13.7. The molecule has 0 N–H and O–H groups in total. The standard InChI is InChI=1S/C49H31N5/c1-3-15-33(16-4-1)47-50-48(34-17-5-2-6-18-34)52-49(51-47)54-44-28-27-36(31-41(44)46-38-21-8-7-14-32(38)26-29-45(46)54)35-19-13-20-37(30-35)53-42-24-11-9-22-39(42)40-23-10-12-25-43(40)53/h1-31H. The van der Waals surface area contributed by atoms with Crippen molar-refractivity contribution in [1.29, 1.82) is 0 Å². The van der Waals surface area contributed by atoms with E-state index < -0.39 is 0 Å². The molecule has 0 saturated heterocycles. The second-order valence-electron chi connectivity index (χ2n) is 13.7. The molecule has 11 rings (SSSR count). The van der Waals surface area contributed by atoms with Crippen LogP contribution in [0.25, 0.3) is 99.9 Å². The Hall–Kier alpha value is -7.37. The monoisotopic (exact) mass is 689 g/mol. The van der Waals surface area contributed by atoms with Gasteiger partial charge in [0.2, 0.25) is 5.95 Å². The fraction of sp³-hybridized carbons (Fsp3) is 0. The molecule has 0 spiro atoms. The maximum atomic E-state index is 5.16. The normalized spacial score (nSPS) is 11.7. The van der Waals surface area contributed by atoms with Crippen molar-refractivity contribution in [2.75, 3.05) is 0 Å². The first-order valence-electron chi connectivity index (χ1n) is 18.2. The summed E-state index contributed by atoms with van der Waals surface area (Å²) in [5.74, 6) is 1.85. The van der Waals surface area contributed by atoms with Gasteiger partial charge in [-0.1, -0.05) is 146 Å². The summed E-state index contributed by atoms with van der Waals surface area (Å²) in [7, 11) is 0. The highest BCUT2D eigenvalue weighted by Gasteiger charge is 2.20. The zero-order chi connectivity index (χ0) is 35.6. The van der Waals surface area contributed by atoms with Gasteiger partial charge in [0, 0.05) is 38.4 Å². The van der Waals surface area contributed by atoms with Crippen molar-refractivity contribution in [3.8, 4) is 45.5 Å². The third-order valence-corrected chi connectivity index (χ3v) is 10.6. The molecule has 11 aromatic rings. The molecule has 0 fully saturated rings. The zero-order valence-electron chi connectivity index (χ0n) is 29.1. The van der Waals surface area contributed by atoms with Gasteiger partial charge in [0.15, 0.2) is 11.6 Å². The maximum Gasteiger partial charge on any atom is 0.238 e. The quantitative estimate of drug-likeness (QED) is 0.181. The molecule has 0 radical (unpaired) electrons. The van der Waals surface area contributed by atoms with Gasteiger partial charge in [0.05, 0.1) is 22.1 Å². The highest BCUT2D eigenvalue weighted by molar-refractivity contribution is 6.21. The minimum absolute atomic E-state index is 0.582. The van der Waals surface area contributed by atoms with Crippen LogP contribution < -0.4 is 0 Å². The second kappa shape index (κ2) is 12.1. The Morgan fingerprint density at radius 3 is 1.54 bits per heavy atom. The third-order valence-electron chi connectivity index (χ3n) is 10.6. The van der Waals surface area contributed by atoms with E-state index in [0.717, 1.165) is 44.4 Å². The van der Waals surface area contributed by atoms with Crippen LogP contribution in [0.2, 0.25) is 0 Å². The Kier molecular flexibility index (Phi) is 6.79. The lowest BCUT2D eigenvalue weighted by atomic mass is 10.00. The molecule has 0 unspecified atom stereocenters. The molecule has 0 atom stereocenters. The summed E-state index contributed by atoms with van der Waals surface area (Å²) in [5.41, 5.74) is 9.77. The molecule has 0 aliphatic carbocycles. The number of hydrogen-bond acceptors (Lipinski definition) is 3. The van der Waals surface area contributed by atoms with Gasteiger partial charge in [0.1, 0.15) is 0 Å². The van der Waals surface area contributed by atoms with Crippen LogP contribution in [0.1, 0.15) is 0 Å². The molecule has 3 heterocycles. The molecule has 8 aromatic carbocycles. The molecule has 0 aliphatic heterocycles. The minimum Gasteiger partial charge on any atom is -0.309 e. The molecular formula is C49H31N5. The van der Waals surface area contributed by atoms with E-state index in [1.807, 2.05) is 60.7 Å². The van der Waals surface area contributed by atoms with Crippen LogP contribution in [0.15, 0.2) is 188 Å². The summed E-state index contributed by atoms with van der Waals surface area (Å²) in [5, 5.41) is 7.20. The van der Waals surface area contributed by atoms with Crippen molar-refractivity contribution in [1.82, 2.24) is 24.1 Å². The average molecular weight is 690 g/mol. The molecule has 5 nitrogen and oxygen atoms in total. The lowest BCUT2D eigenvalue weighted by Crippen LogP contribution is -2.06. The van der Waals surface area contributed by atoms with Crippen LogP contribution in [0.5, 0.6) is 0 Å². The number of hydrogen-bond donors (Lipinski definition) is 0. The topological polar surface area (TPSA) is 48.5 Å². The number of para-hydroxylation sites is 2. The van der Waals surface area contributed by atoms with Gasteiger partial charge in [-0.3, -0.25) is 4.57 Å². The van der Waals surface area contributed by atoms with Crippen LogP contribution in [-0.4, -0.2) is 24.1 Å². The Labute approximate surface area is 311 Å². The first-order chi connectivity index (χ1) is 26.8. The van der Waals surface area contributed by atoms with Crippen LogP contribution in [-0.2, 0) is 0 Å². The van der Waals surface area contributed by atoms with Gasteiger partial charge in [-0.15, -0.1) is 0 Å². The molecular weight excluding hydrogens is 659 g/mol. The average Bonchev–Trinajstić information content (AvgIpc) is 3.77. The number of benzene rings is 8. The van der Waals surface area contributed by atoms with Crippen LogP contribution >= 0.6 is 0 Å². The third kappa shape index (κ3) is 4.76. The Morgan fingerprint density at radius 2 is 0.852 bits per heavy atom. The van der Waals surface area contributed by atoms with Gasteiger partial charge in [0.25, 0.3) is 0 Å². The highest BCUT2D eigenvalue weighted by atomic mass is 15.2. The predicted octanol–water partition coefficient (Wildman–Crippen LogP) is 12.2. The highest BCUT2D eigenvalue weighted by Crippen LogP contribution is 2.40. The van der Waals surface area contributed by atoms with Gasteiger partial charge in [-0.25, -0.2) is 4.98 Å². The summed E-state index contributed by atoms with van der Waals surface area (Å²) in [6, 6.07) is 66.3. The summed E-state index contributed by atoms with van der Waals surface area (Å²) in [6.45, 7) is 0. The van der Waals surface area contributed by atoms with E-state index in [1.54, 1.807) is 0 Å². The fourth-order valence-corrected chi connectivity index (χ4v) is 8.11. The van der Waals surface area contributed by atoms with Gasteiger partial charge < -0.3 is 4.57 Å². The first kappa shape index (κ1) is 30.3. The lowest BCUT2D eigenvalue weighted by molar-refractivity contribution is 0.953. The van der Waals surface area contributed by atoms with Crippen molar-refractivity contribution in [2.45, 2.75) is 0 Å². The number of fused-ring (bicyclic) bond motifs is 8. The smallest absolute Gasteiger partial charge is 0.238 e. The van der Waals surface area contributed by atoms with Gasteiger partial charge in [-0.2, -0.15) is 9.97 Å². The number of aromatic nitrogens is 5. The first-order valence-corrected chi connectivity index (χ1v) is 18.2. The van der Waals surface area contributed by atoms with E-state index in [9.17, 15) is 0 Å². The lowest BCUT2D eigenvalue weighted by Gasteiger charge is -2.12. The molecule has 0 amide bonds. The van der Waals surface area contributed by atoms with Crippen LogP contribution in [0, 0.1) is 0 Å². The Bertz CT molecular complexity index is 3100. The molecule has 0 bridgehead atoms. The molecule has 5 heteroatoms. The summed E-state index contributed by atoms with van der Waals surface area (Å²) in [6.07, 6.45) is 0. The largest absolute Gasteiger partial charge is 0.309 e. The molecule has 252 valence electrons. The maximum absolute atomic E-state index is 5.16. The summed E-state index contributed by atoms with van der Waals surface area (Å²) >= 11 is 0. The SMILES string of the molecule is c1ccc(-c2nc(-c3ccccc3)nc(-n3c4ccc(-c5cccc(-n6c7ccccc7c7ccccc76)c5)cc4c4c5ccccc5ccc43)n2)cc1. The fourth-order valence-electron chi connectivity index (χ4n) is 8.11. The summed E-state index contributed by atoms with van der Waals surface area (Å²) in [4.78, 5) is 15.3. The van der Waals surface area contributed by atoms with Crippen LogP contribution in [0.4, 0.5) is 0 Å². The van der Waals surface area contributed by atoms with E-state index in [4.69, 9.17) is 15.0 Å². The van der Waals surface area contributed by atoms with E-state index in [2.05, 4.69) is 137 Å². The van der Waals surface area contributed by atoms with Crippen molar-refractivity contribution in [3.63, 3.8) is 0 Å². The predicted molar refractivity (Wildman–Crippen MR) is 222 cm³/mol. The zero-order valence-corrected chi connectivity index (χ0v) is 29.1. The molecule has 0 saturated carbocycles. The molecule has 54 heavy (non-hydrogen) atoms. The number of rotatable bonds is 5. The van der Waals surface area contributed by atoms with Gasteiger partial charge >= 0.3 is 0 Å². The van der Waals surface area contributed by atoms with E-state index in [0.29, 0.717) is 17.6 Å². The molecule has 0 aliphatic rings. The van der Waals surface area contributed by atoms with E-state index in [1.165, 1.54) is 38.0 Å². The van der Waals surface area contributed by atoms with E-state index in [-0.39, 0.29) is 0 Å². The minimum atomic E-state index is 0.582. The number of nitrogens with zero attached hydrogens (tertiary/aromatic N) is 5. The Balaban J connectivity index is 1.15. The van der Waals surface area contributed by atoms with Crippen LogP contribution in [0.3, 0.4) is 0 Å². The summed E-state index contributed by atoms with van der Waals surface area (Å²) < 4.78 is 4.58. The molecule has 3 aromatic heterocycles. The van der Waals surface area contributed by atoms with E-state index >= 15 is 0 Å². The van der Waals surface area contributed by atoms with Crippen molar-refractivity contribution in [2.24, 2.45) is 0 Å². The van der Waals surface area contributed by atoms with Crippen molar-refractivity contribution in [3.05, 3.63) is 188 Å².